The number of benzene rings is 2. The number of piperidine rings is 1. The van der Waals surface area contributed by atoms with Crippen LogP contribution in [0.3, 0.4) is 0 Å². The molecule has 0 spiro atoms. The molecule has 2 aromatic rings. The Morgan fingerprint density at radius 1 is 1.07 bits per heavy atom. The molecule has 1 saturated heterocycles. The molecule has 0 saturated carbocycles. The first-order chi connectivity index (χ1) is 13.2. The van der Waals surface area contributed by atoms with Crippen LogP contribution < -0.4 is 5.32 Å². The second kappa shape index (κ2) is 9.33. The van der Waals surface area contributed by atoms with Crippen molar-refractivity contribution in [2.45, 2.75) is 25.9 Å². The number of hydrogen-bond acceptors (Lipinski definition) is 4. The molecule has 1 fully saturated rings. The van der Waals surface area contributed by atoms with Crippen LogP contribution in [0.1, 0.15) is 29.3 Å². The van der Waals surface area contributed by atoms with Gasteiger partial charge in [-0.25, -0.2) is 0 Å². The molecular formula is C22H26N2O3. The van der Waals surface area contributed by atoms with E-state index in [4.69, 9.17) is 4.74 Å². The van der Waals surface area contributed by atoms with Crippen molar-refractivity contribution in [3.8, 4) is 0 Å². The molecule has 142 valence electrons. The van der Waals surface area contributed by atoms with Gasteiger partial charge in [0, 0.05) is 18.7 Å². The zero-order chi connectivity index (χ0) is 19.1. The smallest absolute Gasteiger partial charge is 0.311 e. The van der Waals surface area contributed by atoms with Crippen molar-refractivity contribution >= 4 is 11.9 Å². The molecule has 1 aliphatic heterocycles. The summed E-state index contributed by atoms with van der Waals surface area (Å²) >= 11 is 0. The third kappa shape index (κ3) is 5.17. The molecule has 2 atom stereocenters. The fraction of sp³-hybridized carbons (Fsp3) is 0.364. The van der Waals surface area contributed by atoms with Gasteiger partial charge in [0.2, 0.25) is 0 Å². The summed E-state index contributed by atoms with van der Waals surface area (Å²) in [6, 6.07) is 19.1. The van der Waals surface area contributed by atoms with Gasteiger partial charge >= 0.3 is 5.97 Å². The highest BCUT2D eigenvalue weighted by atomic mass is 16.5. The number of amides is 1. The van der Waals surface area contributed by atoms with Crippen molar-refractivity contribution in [3.05, 3.63) is 71.8 Å². The molecule has 1 N–H and O–H groups in total. The summed E-state index contributed by atoms with van der Waals surface area (Å²) in [5, 5.41) is 3.06. The fourth-order valence-electron chi connectivity index (χ4n) is 3.52. The normalized spacial score (nSPS) is 20.0. The summed E-state index contributed by atoms with van der Waals surface area (Å²) in [7, 11) is 0. The number of carbonyl (C=O) groups excluding carboxylic acids is 2. The van der Waals surface area contributed by atoms with E-state index in [-0.39, 0.29) is 23.8 Å². The van der Waals surface area contributed by atoms with Crippen LogP contribution in [0.4, 0.5) is 0 Å². The maximum atomic E-state index is 12.6. The molecule has 2 aromatic carbocycles. The van der Waals surface area contributed by atoms with Crippen molar-refractivity contribution in [2.75, 3.05) is 19.7 Å². The Labute approximate surface area is 160 Å². The average molecular weight is 366 g/mol. The van der Waals surface area contributed by atoms with Gasteiger partial charge in [-0.2, -0.15) is 0 Å². The van der Waals surface area contributed by atoms with Crippen LogP contribution in [0.15, 0.2) is 60.7 Å². The van der Waals surface area contributed by atoms with E-state index in [1.165, 1.54) is 5.56 Å². The van der Waals surface area contributed by atoms with Crippen LogP contribution in [0, 0.1) is 5.92 Å². The highest BCUT2D eigenvalue weighted by molar-refractivity contribution is 5.94. The van der Waals surface area contributed by atoms with Crippen molar-refractivity contribution in [2.24, 2.45) is 5.92 Å². The van der Waals surface area contributed by atoms with E-state index in [2.05, 4.69) is 22.3 Å². The zero-order valence-electron chi connectivity index (χ0n) is 15.6. The van der Waals surface area contributed by atoms with E-state index in [9.17, 15) is 9.59 Å². The Morgan fingerprint density at radius 3 is 2.41 bits per heavy atom. The maximum Gasteiger partial charge on any atom is 0.311 e. The van der Waals surface area contributed by atoms with Gasteiger partial charge in [-0.1, -0.05) is 48.5 Å². The minimum Gasteiger partial charge on any atom is -0.466 e. The first-order valence-corrected chi connectivity index (χ1v) is 9.46. The topological polar surface area (TPSA) is 58.6 Å². The first kappa shape index (κ1) is 19.1. The zero-order valence-corrected chi connectivity index (χ0v) is 15.6. The van der Waals surface area contributed by atoms with E-state index < -0.39 is 0 Å². The standard InChI is InChI=1S/C22H26N2O3/c1-2-27-22(26)19-13-14-24(15-17-9-5-3-6-10-17)16-20(19)23-21(25)18-11-7-4-8-12-18/h3-12,19-20H,2,13-16H2,1H3,(H,23,25)/t19-,20+/m1/s1. The summed E-state index contributed by atoms with van der Waals surface area (Å²) in [6.45, 7) is 4.38. The predicted octanol–water partition coefficient (Wildman–Crippen LogP) is 2.87. The van der Waals surface area contributed by atoms with Crippen LogP contribution in [0.25, 0.3) is 0 Å². The molecule has 1 heterocycles. The Kier molecular flexibility index (Phi) is 6.60. The van der Waals surface area contributed by atoms with Crippen molar-refractivity contribution in [1.82, 2.24) is 10.2 Å². The monoisotopic (exact) mass is 366 g/mol. The molecule has 27 heavy (non-hydrogen) atoms. The lowest BCUT2D eigenvalue weighted by Crippen LogP contribution is -2.54. The second-order valence-electron chi connectivity index (χ2n) is 6.81. The highest BCUT2D eigenvalue weighted by Crippen LogP contribution is 2.22. The molecule has 5 heteroatoms. The fourth-order valence-corrected chi connectivity index (χ4v) is 3.52. The molecule has 1 aliphatic rings. The second-order valence-corrected chi connectivity index (χ2v) is 6.81. The van der Waals surface area contributed by atoms with Gasteiger partial charge in [0.25, 0.3) is 5.91 Å². The van der Waals surface area contributed by atoms with Gasteiger partial charge < -0.3 is 10.1 Å². The van der Waals surface area contributed by atoms with Gasteiger partial charge in [0.1, 0.15) is 0 Å². The molecule has 3 rings (SSSR count). The van der Waals surface area contributed by atoms with E-state index in [0.29, 0.717) is 25.1 Å². The van der Waals surface area contributed by atoms with Gasteiger partial charge in [-0.05, 0) is 37.6 Å². The summed E-state index contributed by atoms with van der Waals surface area (Å²) < 4.78 is 5.24. The quantitative estimate of drug-likeness (QED) is 0.799. The molecule has 1 amide bonds. The van der Waals surface area contributed by atoms with Gasteiger partial charge in [-0.15, -0.1) is 0 Å². The third-order valence-electron chi connectivity index (χ3n) is 4.89. The first-order valence-electron chi connectivity index (χ1n) is 9.46. The number of ether oxygens (including phenoxy) is 1. The largest absolute Gasteiger partial charge is 0.466 e. The Hall–Kier alpha value is -2.66. The number of hydrogen-bond donors (Lipinski definition) is 1. The third-order valence-corrected chi connectivity index (χ3v) is 4.89. The van der Waals surface area contributed by atoms with Crippen molar-refractivity contribution < 1.29 is 14.3 Å². The van der Waals surface area contributed by atoms with Gasteiger partial charge in [0.15, 0.2) is 0 Å². The van der Waals surface area contributed by atoms with Crippen LogP contribution in [-0.4, -0.2) is 42.5 Å². The highest BCUT2D eigenvalue weighted by Gasteiger charge is 2.36. The van der Waals surface area contributed by atoms with Crippen LogP contribution in [-0.2, 0) is 16.1 Å². The number of esters is 1. The summed E-state index contributed by atoms with van der Waals surface area (Å²) in [5.41, 5.74) is 1.82. The van der Waals surface area contributed by atoms with Gasteiger partial charge in [0.05, 0.1) is 18.6 Å². The molecule has 0 bridgehead atoms. The maximum absolute atomic E-state index is 12.6. The van der Waals surface area contributed by atoms with Crippen LogP contribution in [0.2, 0.25) is 0 Å². The SMILES string of the molecule is CCOC(=O)[C@@H]1CCN(Cc2ccccc2)C[C@@H]1NC(=O)c1ccccc1. The molecular weight excluding hydrogens is 340 g/mol. The van der Waals surface area contributed by atoms with E-state index >= 15 is 0 Å². The summed E-state index contributed by atoms with van der Waals surface area (Å²) in [5.74, 6) is -0.698. The molecule has 0 unspecified atom stereocenters. The Bertz CT molecular complexity index is 749. The Morgan fingerprint density at radius 2 is 1.74 bits per heavy atom. The summed E-state index contributed by atoms with van der Waals surface area (Å²) in [4.78, 5) is 27.3. The van der Waals surface area contributed by atoms with Crippen LogP contribution in [0.5, 0.6) is 0 Å². The molecule has 0 aliphatic carbocycles. The Balaban J connectivity index is 1.71. The molecule has 0 radical (unpaired) electrons. The number of likely N-dealkylation sites (tertiary alicyclic amines) is 1. The van der Waals surface area contributed by atoms with Crippen molar-refractivity contribution in [3.63, 3.8) is 0 Å². The van der Waals surface area contributed by atoms with Crippen molar-refractivity contribution in [1.29, 1.82) is 0 Å². The minimum absolute atomic E-state index is 0.156. The number of nitrogens with zero attached hydrogens (tertiary/aromatic N) is 1. The number of carbonyl (C=O) groups is 2. The van der Waals surface area contributed by atoms with E-state index in [1.807, 2.05) is 36.4 Å². The average Bonchev–Trinajstić information content (AvgIpc) is 2.70. The van der Waals surface area contributed by atoms with Gasteiger partial charge in [-0.3, -0.25) is 14.5 Å². The molecule has 0 aromatic heterocycles. The van der Waals surface area contributed by atoms with E-state index in [1.54, 1.807) is 19.1 Å². The lowest BCUT2D eigenvalue weighted by atomic mass is 9.91. The lowest BCUT2D eigenvalue weighted by molar-refractivity contribution is -0.150. The molecule has 5 nitrogen and oxygen atoms in total. The van der Waals surface area contributed by atoms with Crippen LogP contribution >= 0.6 is 0 Å². The summed E-state index contributed by atoms with van der Waals surface area (Å²) in [6.07, 6.45) is 0.672. The number of nitrogens with one attached hydrogen (secondary N) is 1. The minimum atomic E-state index is -0.315. The van der Waals surface area contributed by atoms with E-state index in [0.717, 1.165) is 13.1 Å². The lowest BCUT2D eigenvalue weighted by Gasteiger charge is -2.37. The predicted molar refractivity (Wildman–Crippen MR) is 104 cm³/mol. The number of rotatable bonds is 6.